The van der Waals surface area contributed by atoms with Gasteiger partial charge in [-0.15, -0.1) is 11.6 Å². The second kappa shape index (κ2) is 6.54. The number of hydrogen-bond donors (Lipinski definition) is 8. The van der Waals surface area contributed by atoms with Crippen LogP contribution in [0.15, 0.2) is 0 Å². The predicted molar refractivity (Wildman–Crippen MR) is 95.4 cm³/mol. The third-order valence-corrected chi connectivity index (χ3v) is 3.80. The van der Waals surface area contributed by atoms with E-state index in [2.05, 4.69) is 11.4 Å². The van der Waals surface area contributed by atoms with Crippen LogP contribution in [0.1, 0.15) is 11.1 Å². The maximum absolute atomic E-state index is 6.02. The van der Waals surface area contributed by atoms with E-state index in [0.29, 0.717) is 50.9 Å². The van der Waals surface area contributed by atoms with Crippen LogP contribution < -0.4 is 45.5 Å². The molecule has 0 fully saturated rings. The van der Waals surface area contributed by atoms with Crippen LogP contribution in [0.2, 0.25) is 0 Å². The fraction of sp³-hybridized carbons (Fsp3) is 0.143. The van der Waals surface area contributed by atoms with Crippen molar-refractivity contribution >= 4 is 51.2 Å². The fourth-order valence-corrected chi connectivity index (χ4v) is 2.10. The standard InChI is InChI=1S/C14H21N8.Np/c1-4-6(15)3-7(11(19)8(4)16)22-14-12(20)9(17)5(2)10(18)13(14)21;/h22H,15-21H2,1-2H3;/q-1;. The van der Waals surface area contributed by atoms with Gasteiger partial charge < -0.3 is 45.5 Å². The minimum atomic E-state index is 0. The van der Waals surface area contributed by atoms with Gasteiger partial charge in [-0.3, -0.25) is 0 Å². The molecule has 0 unspecified atom stereocenters. The van der Waals surface area contributed by atoms with E-state index < -0.39 is 0 Å². The molecule has 15 N–H and O–H groups in total. The molecular formula is C14H21N8Np-. The summed E-state index contributed by atoms with van der Waals surface area (Å²) in [5, 5.41) is 2.98. The summed E-state index contributed by atoms with van der Waals surface area (Å²) in [6.45, 7) is 3.50. The summed E-state index contributed by atoms with van der Waals surface area (Å²) < 4.78 is 0. The molecule has 0 saturated heterocycles. The maximum Gasteiger partial charge on any atom is 0.0877 e. The molecule has 9 heteroatoms. The van der Waals surface area contributed by atoms with Crippen molar-refractivity contribution in [2.24, 2.45) is 0 Å². The zero-order valence-electron chi connectivity index (χ0n) is 13.0. The summed E-state index contributed by atoms with van der Waals surface area (Å²) in [4.78, 5) is 0. The Morgan fingerprint density at radius 2 is 1.09 bits per heavy atom. The van der Waals surface area contributed by atoms with Crippen LogP contribution in [0.3, 0.4) is 0 Å². The summed E-state index contributed by atoms with van der Waals surface area (Å²) >= 11 is 0. The molecule has 0 bridgehead atoms. The van der Waals surface area contributed by atoms with Crippen LogP contribution in [0.5, 0.6) is 0 Å². The molecule has 0 aliphatic carbocycles. The summed E-state index contributed by atoms with van der Waals surface area (Å²) in [5.41, 5.74) is 46.0. The first kappa shape index (κ1) is 18.9. The Labute approximate surface area is 157 Å². The van der Waals surface area contributed by atoms with Gasteiger partial charge in [0.05, 0.1) is 28.4 Å². The quantitative estimate of drug-likeness (QED) is 0.204. The molecule has 2 rings (SSSR count). The minimum Gasteiger partial charge on any atom is -0.446 e. The van der Waals surface area contributed by atoms with Crippen molar-refractivity contribution < 1.29 is 29.9 Å². The average Bonchev–Trinajstić information content (AvgIpc) is 2.50. The van der Waals surface area contributed by atoms with Gasteiger partial charge in [0.1, 0.15) is 0 Å². The van der Waals surface area contributed by atoms with Gasteiger partial charge >= 0.3 is 0 Å². The fourth-order valence-electron chi connectivity index (χ4n) is 2.10. The molecule has 0 heterocycles. The van der Waals surface area contributed by atoms with E-state index in [-0.39, 0.29) is 41.3 Å². The minimum absolute atomic E-state index is 0. The molecule has 8 nitrogen and oxygen atoms in total. The van der Waals surface area contributed by atoms with Crippen LogP contribution >= 0.6 is 0 Å². The van der Waals surface area contributed by atoms with Crippen molar-refractivity contribution in [2.45, 2.75) is 13.8 Å². The molecule has 0 aliphatic rings. The van der Waals surface area contributed by atoms with Gasteiger partial charge in [-0.25, -0.2) is 0 Å². The van der Waals surface area contributed by atoms with Crippen molar-refractivity contribution in [3.63, 3.8) is 0 Å². The molecule has 1 radical (unpaired) electrons. The van der Waals surface area contributed by atoms with Gasteiger partial charge in [0.2, 0.25) is 0 Å². The number of rotatable bonds is 2. The SMILES string of the molecule is Cc1c(N)[c-]c(Nc2c(N)c(N)c(C)c(N)c2N)c(N)c1N.[Np]. The molecule has 2 aromatic rings. The Morgan fingerprint density at radius 1 is 0.652 bits per heavy atom. The number of nitrogen functional groups attached to an aromatic ring is 7. The summed E-state index contributed by atoms with van der Waals surface area (Å²) in [5.74, 6) is 0. The molecule has 0 saturated carbocycles. The Kier molecular flexibility index (Phi) is 5.37. The monoisotopic (exact) mass is 537 g/mol. The number of nitrogens with one attached hydrogen (secondary N) is 1. The van der Waals surface area contributed by atoms with E-state index in [0.717, 1.165) is 0 Å². The molecule has 2 aromatic carbocycles. The van der Waals surface area contributed by atoms with Crippen LogP contribution in [0, 0.1) is 49.9 Å². The van der Waals surface area contributed by atoms with Crippen molar-refractivity contribution in [3.05, 3.63) is 17.2 Å². The number of anilines is 9. The van der Waals surface area contributed by atoms with Crippen molar-refractivity contribution in [1.29, 1.82) is 0 Å². The Hall–Kier alpha value is -2.15. The first-order valence-electron chi connectivity index (χ1n) is 6.52. The molecule has 0 spiro atoms. The molecule has 0 aliphatic heterocycles. The normalized spacial score (nSPS) is 10.2. The molecule has 0 amide bonds. The smallest absolute Gasteiger partial charge is 0.0877 e. The van der Waals surface area contributed by atoms with Crippen molar-refractivity contribution in [2.75, 3.05) is 45.5 Å². The van der Waals surface area contributed by atoms with Gasteiger partial charge in [-0.05, 0) is 23.9 Å². The van der Waals surface area contributed by atoms with Crippen molar-refractivity contribution in [1.82, 2.24) is 0 Å². The third kappa shape index (κ3) is 3.01. The predicted octanol–water partition coefficient (Wildman–Crippen LogP) is 0.923. The van der Waals surface area contributed by atoms with Crippen LogP contribution in [0.4, 0.5) is 51.2 Å². The largest absolute Gasteiger partial charge is 0.446 e. The van der Waals surface area contributed by atoms with Gasteiger partial charge in [-0.2, -0.15) is 0 Å². The van der Waals surface area contributed by atoms with Crippen LogP contribution in [-0.2, 0) is 0 Å². The average molecular weight is 538 g/mol. The number of hydrogen-bond acceptors (Lipinski definition) is 8. The second-order valence-corrected chi connectivity index (χ2v) is 5.15. The number of benzene rings is 2. The van der Waals surface area contributed by atoms with E-state index >= 15 is 0 Å². The summed E-state index contributed by atoms with van der Waals surface area (Å²) in [7, 11) is 0. The molecule has 123 valence electrons. The van der Waals surface area contributed by atoms with Gasteiger partial charge in [0, 0.05) is 29.9 Å². The van der Waals surface area contributed by atoms with Crippen LogP contribution in [0.25, 0.3) is 0 Å². The molecular weight excluding hydrogens is 517 g/mol. The molecule has 0 aromatic heterocycles. The van der Waals surface area contributed by atoms with E-state index in [1.54, 1.807) is 13.8 Å². The van der Waals surface area contributed by atoms with E-state index in [4.69, 9.17) is 40.1 Å². The van der Waals surface area contributed by atoms with Crippen LogP contribution in [-0.4, -0.2) is 0 Å². The summed E-state index contributed by atoms with van der Waals surface area (Å²) in [6.07, 6.45) is 0. The molecule has 0 atom stereocenters. The maximum atomic E-state index is 6.02. The Morgan fingerprint density at radius 3 is 1.57 bits per heavy atom. The first-order valence-corrected chi connectivity index (χ1v) is 6.52. The van der Waals surface area contributed by atoms with Gasteiger partial charge in [0.25, 0.3) is 0 Å². The van der Waals surface area contributed by atoms with E-state index in [1.807, 2.05) is 0 Å². The zero-order valence-corrected chi connectivity index (χ0v) is 16.7. The van der Waals surface area contributed by atoms with E-state index in [1.165, 1.54) is 0 Å². The Bertz CT molecular complexity index is 743. The molecule has 23 heavy (non-hydrogen) atoms. The van der Waals surface area contributed by atoms with Gasteiger partial charge in [-0.1, -0.05) is 18.3 Å². The first-order chi connectivity index (χ1) is 10.2. The topological polar surface area (TPSA) is 194 Å². The summed E-state index contributed by atoms with van der Waals surface area (Å²) in [6, 6.07) is 2.91. The van der Waals surface area contributed by atoms with Gasteiger partial charge in [0.15, 0.2) is 0 Å². The second-order valence-electron chi connectivity index (χ2n) is 5.15. The third-order valence-electron chi connectivity index (χ3n) is 3.80. The van der Waals surface area contributed by atoms with E-state index in [9.17, 15) is 0 Å². The Balaban J connectivity index is 0.00000264. The van der Waals surface area contributed by atoms with Crippen molar-refractivity contribution in [3.8, 4) is 0 Å². The number of nitrogens with two attached hydrogens (primary N) is 7. The zero-order chi connectivity index (χ0) is 16.8.